The summed E-state index contributed by atoms with van der Waals surface area (Å²) in [4.78, 5) is 11.9. The second kappa shape index (κ2) is 5.63. The highest BCUT2D eigenvalue weighted by atomic mass is 19.1. The standard InChI is InChI=1S/C15H15FN2O/c1-10(17)11-5-4-6-12(9-11)18-15(19)13-7-2-3-8-14(13)16/h2-10H,17H2,1H3,(H,18,19). The monoisotopic (exact) mass is 258 g/mol. The predicted molar refractivity (Wildman–Crippen MR) is 73.4 cm³/mol. The number of hydrogen-bond acceptors (Lipinski definition) is 2. The van der Waals surface area contributed by atoms with Gasteiger partial charge in [-0.25, -0.2) is 4.39 Å². The van der Waals surface area contributed by atoms with Gasteiger partial charge in [-0.05, 0) is 36.8 Å². The Bertz CT molecular complexity index is 596. The van der Waals surface area contributed by atoms with Crippen molar-refractivity contribution < 1.29 is 9.18 Å². The van der Waals surface area contributed by atoms with Gasteiger partial charge in [-0.15, -0.1) is 0 Å². The van der Waals surface area contributed by atoms with E-state index in [1.54, 1.807) is 30.3 Å². The zero-order valence-electron chi connectivity index (χ0n) is 10.6. The van der Waals surface area contributed by atoms with Gasteiger partial charge in [0.05, 0.1) is 5.56 Å². The molecule has 0 aliphatic carbocycles. The highest BCUT2D eigenvalue weighted by Crippen LogP contribution is 2.17. The normalized spacial score (nSPS) is 11.9. The van der Waals surface area contributed by atoms with Crippen LogP contribution in [0, 0.1) is 5.82 Å². The maximum Gasteiger partial charge on any atom is 0.258 e. The molecule has 0 spiro atoms. The molecule has 3 N–H and O–H groups in total. The summed E-state index contributed by atoms with van der Waals surface area (Å²) in [5.74, 6) is -1.01. The van der Waals surface area contributed by atoms with Crippen molar-refractivity contribution in [2.24, 2.45) is 5.73 Å². The quantitative estimate of drug-likeness (QED) is 0.888. The molecule has 1 atom stereocenters. The molecule has 0 fully saturated rings. The molecule has 0 heterocycles. The third-order valence-corrected chi connectivity index (χ3v) is 2.79. The van der Waals surface area contributed by atoms with Crippen LogP contribution < -0.4 is 11.1 Å². The average Bonchev–Trinajstić information content (AvgIpc) is 2.39. The zero-order chi connectivity index (χ0) is 13.8. The SMILES string of the molecule is CC(N)c1cccc(NC(=O)c2ccccc2F)c1. The van der Waals surface area contributed by atoms with E-state index in [9.17, 15) is 9.18 Å². The fourth-order valence-corrected chi connectivity index (χ4v) is 1.74. The Kier molecular flexibility index (Phi) is 3.92. The topological polar surface area (TPSA) is 55.1 Å². The van der Waals surface area contributed by atoms with Crippen LogP contribution in [0.4, 0.5) is 10.1 Å². The molecule has 2 rings (SSSR count). The summed E-state index contributed by atoms with van der Waals surface area (Å²) >= 11 is 0. The Morgan fingerprint density at radius 3 is 2.63 bits per heavy atom. The van der Waals surface area contributed by atoms with E-state index in [0.717, 1.165) is 5.56 Å². The van der Waals surface area contributed by atoms with Crippen LogP contribution >= 0.6 is 0 Å². The number of carbonyl (C=O) groups is 1. The molecule has 3 nitrogen and oxygen atoms in total. The molecule has 0 aromatic heterocycles. The Morgan fingerprint density at radius 2 is 1.95 bits per heavy atom. The Hall–Kier alpha value is -2.20. The summed E-state index contributed by atoms with van der Waals surface area (Å²) in [7, 11) is 0. The lowest BCUT2D eigenvalue weighted by Gasteiger charge is -2.10. The first-order valence-electron chi connectivity index (χ1n) is 5.99. The molecule has 4 heteroatoms. The van der Waals surface area contributed by atoms with E-state index in [1.165, 1.54) is 12.1 Å². The lowest BCUT2D eigenvalue weighted by atomic mass is 10.1. The molecular weight excluding hydrogens is 243 g/mol. The Morgan fingerprint density at radius 1 is 1.21 bits per heavy atom. The van der Waals surface area contributed by atoms with Crippen LogP contribution in [0.5, 0.6) is 0 Å². The number of nitrogens with two attached hydrogens (primary N) is 1. The Labute approximate surface area is 111 Å². The number of nitrogens with one attached hydrogen (secondary N) is 1. The van der Waals surface area contributed by atoms with Crippen molar-refractivity contribution in [3.05, 3.63) is 65.5 Å². The van der Waals surface area contributed by atoms with Crippen LogP contribution in [0.3, 0.4) is 0 Å². The smallest absolute Gasteiger partial charge is 0.258 e. The van der Waals surface area contributed by atoms with Crippen molar-refractivity contribution in [1.29, 1.82) is 0 Å². The largest absolute Gasteiger partial charge is 0.324 e. The van der Waals surface area contributed by atoms with Crippen LogP contribution in [0.25, 0.3) is 0 Å². The maximum atomic E-state index is 13.5. The van der Waals surface area contributed by atoms with Gasteiger partial charge in [-0.3, -0.25) is 4.79 Å². The van der Waals surface area contributed by atoms with Crippen molar-refractivity contribution in [1.82, 2.24) is 0 Å². The van der Waals surface area contributed by atoms with Gasteiger partial charge in [0.1, 0.15) is 5.82 Å². The highest BCUT2D eigenvalue weighted by molar-refractivity contribution is 6.04. The number of halogens is 1. The second-order valence-electron chi connectivity index (χ2n) is 4.35. The van der Waals surface area contributed by atoms with Gasteiger partial charge in [0, 0.05) is 11.7 Å². The molecule has 2 aromatic carbocycles. The van der Waals surface area contributed by atoms with E-state index >= 15 is 0 Å². The summed E-state index contributed by atoms with van der Waals surface area (Å²) < 4.78 is 13.5. The minimum absolute atomic E-state index is 0.0219. The molecule has 0 saturated carbocycles. The van der Waals surface area contributed by atoms with Gasteiger partial charge in [0.2, 0.25) is 0 Å². The molecule has 1 amide bonds. The average molecular weight is 258 g/mol. The number of anilines is 1. The fourth-order valence-electron chi connectivity index (χ4n) is 1.74. The molecule has 19 heavy (non-hydrogen) atoms. The minimum Gasteiger partial charge on any atom is -0.324 e. The van der Waals surface area contributed by atoms with E-state index in [4.69, 9.17) is 5.73 Å². The van der Waals surface area contributed by atoms with Gasteiger partial charge >= 0.3 is 0 Å². The summed E-state index contributed by atoms with van der Waals surface area (Å²) in [5.41, 5.74) is 7.31. The number of benzene rings is 2. The first-order chi connectivity index (χ1) is 9.08. The van der Waals surface area contributed by atoms with E-state index in [1.807, 2.05) is 13.0 Å². The number of hydrogen-bond donors (Lipinski definition) is 2. The number of carbonyl (C=O) groups excluding carboxylic acids is 1. The number of amides is 1. The molecular formula is C15H15FN2O. The molecule has 0 aliphatic heterocycles. The first kappa shape index (κ1) is 13.2. The molecule has 1 unspecified atom stereocenters. The van der Waals surface area contributed by atoms with E-state index in [-0.39, 0.29) is 11.6 Å². The second-order valence-corrected chi connectivity index (χ2v) is 4.35. The van der Waals surface area contributed by atoms with Crippen LogP contribution in [0.15, 0.2) is 48.5 Å². The first-order valence-corrected chi connectivity index (χ1v) is 5.99. The van der Waals surface area contributed by atoms with Crippen molar-refractivity contribution in [3.8, 4) is 0 Å². The fraction of sp³-hybridized carbons (Fsp3) is 0.133. The Balaban J connectivity index is 2.20. The van der Waals surface area contributed by atoms with E-state index < -0.39 is 11.7 Å². The van der Waals surface area contributed by atoms with Gasteiger partial charge in [0.15, 0.2) is 0 Å². The van der Waals surface area contributed by atoms with Crippen LogP contribution in [-0.4, -0.2) is 5.91 Å². The lowest BCUT2D eigenvalue weighted by molar-refractivity contribution is 0.102. The summed E-state index contributed by atoms with van der Waals surface area (Å²) in [6.07, 6.45) is 0. The molecule has 0 radical (unpaired) electrons. The highest BCUT2D eigenvalue weighted by Gasteiger charge is 2.11. The van der Waals surface area contributed by atoms with Crippen molar-refractivity contribution in [2.45, 2.75) is 13.0 Å². The lowest BCUT2D eigenvalue weighted by Crippen LogP contribution is -2.14. The summed E-state index contributed by atoms with van der Waals surface area (Å²) in [6, 6.07) is 12.9. The van der Waals surface area contributed by atoms with E-state index in [2.05, 4.69) is 5.32 Å². The van der Waals surface area contributed by atoms with Crippen LogP contribution in [0.1, 0.15) is 28.9 Å². The number of rotatable bonds is 3. The molecule has 0 saturated heterocycles. The van der Waals surface area contributed by atoms with Crippen molar-refractivity contribution in [3.63, 3.8) is 0 Å². The predicted octanol–water partition coefficient (Wildman–Crippen LogP) is 3.10. The van der Waals surface area contributed by atoms with Crippen molar-refractivity contribution in [2.75, 3.05) is 5.32 Å². The molecule has 0 aliphatic rings. The van der Waals surface area contributed by atoms with Gasteiger partial charge in [-0.1, -0.05) is 24.3 Å². The maximum absolute atomic E-state index is 13.5. The van der Waals surface area contributed by atoms with Gasteiger partial charge < -0.3 is 11.1 Å². The molecule has 0 bridgehead atoms. The summed E-state index contributed by atoms with van der Waals surface area (Å²) in [6.45, 7) is 1.86. The minimum atomic E-state index is -0.539. The molecule has 98 valence electrons. The van der Waals surface area contributed by atoms with E-state index in [0.29, 0.717) is 5.69 Å². The third kappa shape index (κ3) is 3.17. The third-order valence-electron chi connectivity index (χ3n) is 2.79. The van der Waals surface area contributed by atoms with Crippen LogP contribution in [0.2, 0.25) is 0 Å². The van der Waals surface area contributed by atoms with Crippen molar-refractivity contribution >= 4 is 11.6 Å². The van der Waals surface area contributed by atoms with Crippen LogP contribution in [-0.2, 0) is 0 Å². The summed E-state index contributed by atoms with van der Waals surface area (Å²) in [5, 5.41) is 2.66. The zero-order valence-corrected chi connectivity index (χ0v) is 10.6. The van der Waals surface area contributed by atoms with Gasteiger partial charge in [0.25, 0.3) is 5.91 Å². The molecule has 2 aromatic rings. The van der Waals surface area contributed by atoms with Gasteiger partial charge in [-0.2, -0.15) is 0 Å².